The molecule has 0 aromatic heterocycles. The molecule has 9 nitrogen and oxygen atoms in total. The number of unbranched alkanes of at least 4 members (excludes halogenated alkanes) is 6. The third-order valence-corrected chi connectivity index (χ3v) is 5.13. The van der Waals surface area contributed by atoms with Gasteiger partial charge in [-0.3, -0.25) is 14.7 Å². The summed E-state index contributed by atoms with van der Waals surface area (Å²) in [6, 6.07) is 0. The van der Waals surface area contributed by atoms with Crippen molar-refractivity contribution in [1.29, 1.82) is 0 Å². The van der Waals surface area contributed by atoms with Crippen molar-refractivity contribution in [1.82, 2.24) is 14.7 Å². The SMILES string of the molecule is O=C=NCCCCCN1CN(CCCCCN=C=O)CN(CCCCCN=C=O)C1. The molecule has 1 heterocycles. The summed E-state index contributed by atoms with van der Waals surface area (Å²) in [5.74, 6) is 0. The van der Waals surface area contributed by atoms with Crippen molar-refractivity contribution in [2.45, 2.75) is 57.8 Å². The molecule has 1 aliphatic heterocycles. The van der Waals surface area contributed by atoms with Crippen LogP contribution in [0.3, 0.4) is 0 Å². The Morgan fingerprint density at radius 2 is 0.767 bits per heavy atom. The number of carbonyl (C=O) groups excluding carboxylic acids is 3. The van der Waals surface area contributed by atoms with Crippen LogP contribution in [0.5, 0.6) is 0 Å². The molecule has 0 aromatic carbocycles. The van der Waals surface area contributed by atoms with Gasteiger partial charge in [-0.2, -0.15) is 0 Å². The molecule has 1 fully saturated rings. The van der Waals surface area contributed by atoms with Crippen LogP contribution in [0, 0.1) is 0 Å². The third kappa shape index (κ3) is 14.1. The van der Waals surface area contributed by atoms with E-state index in [9.17, 15) is 14.4 Å². The summed E-state index contributed by atoms with van der Waals surface area (Å²) in [5.41, 5.74) is 0. The van der Waals surface area contributed by atoms with Gasteiger partial charge in [0.2, 0.25) is 18.2 Å². The minimum absolute atomic E-state index is 0.573. The van der Waals surface area contributed by atoms with E-state index in [1.807, 2.05) is 0 Å². The molecule has 0 radical (unpaired) electrons. The second-order valence-corrected chi connectivity index (χ2v) is 7.71. The van der Waals surface area contributed by atoms with Gasteiger partial charge in [0.25, 0.3) is 0 Å². The Labute approximate surface area is 179 Å². The first-order valence-electron chi connectivity index (χ1n) is 11.1. The molecule has 0 amide bonds. The fraction of sp³-hybridized carbons (Fsp3) is 0.857. The van der Waals surface area contributed by atoms with Gasteiger partial charge in [0.05, 0.1) is 39.6 Å². The van der Waals surface area contributed by atoms with Gasteiger partial charge in [-0.05, 0) is 38.5 Å². The van der Waals surface area contributed by atoms with Gasteiger partial charge in [-0.1, -0.05) is 19.3 Å². The molecular weight excluding hydrogens is 384 g/mol. The molecule has 9 heteroatoms. The van der Waals surface area contributed by atoms with Crippen LogP contribution in [-0.2, 0) is 14.4 Å². The quantitative estimate of drug-likeness (QED) is 0.192. The first-order chi connectivity index (χ1) is 14.8. The molecule has 0 saturated carbocycles. The maximum atomic E-state index is 10.1. The Balaban J connectivity index is 2.36. The van der Waals surface area contributed by atoms with E-state index in [1.54, 1.807) is 18.2 Å². The molecular formula is C21H36N6O3. The van der Waals surface area contributed by atoms with Crippen LogP contribution < -0.4 is 0 Å². The lowest BCUT2D eigenvalue weighted by atomic mass is 10.2. The van der Waals surface area contributed by atoms with Gasteiger partial charge in [0.1, 0.15) is 0 Å². The standard InChI is InChI=1S/C21H36N6O3/c28-16-22-10-4-1-7-13-25-19-26(14-8-2-5-11-23-17-29)21-27(20-25)15-9-3-6-12-24-18-30/h1-15,19-21H2. The van der Waals surface area contributed by atoms with Crippen molar-refractivity contribution in [3.8, 4) is 0 Å². The number of aliphatic imine (C=N–C) groups is 3. The van der Waals surface area contributed by atoms with Gasteiger partial charge in [0, 0.05) is 19.6 Å². The van der Waals surface area contributed by atoms with Gasteiger partial charge in [0.15, 0.2) is 0 Å². The maximum absolute atomic E-state index is 10.1. The lowest BCUT2D eigenvalue weighted by Gasteiger charge is -2.42. The highest BCUT2D eigenvalue weighted by atomic mass is 16.1. The van der Waals surface area contributed by atoms with Crippen LogP contribution in [0.15, 0.2) is 15.0 Å². The van der Waals surface area contributed by atoms with E-state index in [-0.39, 0.29) is 0 Å². The van der Waals surface area contributed by atoms with Crippen molar-refractivity contribution in [3.05, 3.63) is 0 Å². The molecule has 0 unspecified atom stereocenters. The second kappa shape index (κ2) is 19.0. The summed E-state index contributed by atoms with van der Waals surface area (Å²) in [4.78, 5) is 48.7. The number of isocyanates is 3. The van der Waals surface area contributed by atoms with Crippen molar-refractivity contribution in [2.75, 3.05) is 59.3 Å². The predicted molar refractivity (Wildman–Crippen MR) is 115 cm³/mol. The van der Waals surface area contributed by atoms with Gasteiger partial charge in [-0.15, -0.1) is 0 Å². The number of nitrogens with zero attached hydrogens (tertiary/aromatic N) is 6. The molecule has 1 aliphatic rings. The number of hydrogen-bond acceptors (Lipinski definition) is 9. The van der Waals surface area contributed by atoms with E-state index < -0.39 is 0 Å². The van der Waals surface area contributed by atoms with E-state index in [1.165, 1.54) is 0 Å². The van der Waals surface area contributed by atoms with Gasteiger partial charge >= 0.3 is 0 Å². The van der Waals surface area contributed by atoms with E-state index >= 15 is 0 Å². The number of rotatable bonds is 18. The molecule has 30 heavy (non-hydrogen) atoms. The number of hydrogen-bond donors (Lipinski definition) is 0. The van der Waals surface area contributed by atoms with Crippen molar-refractivity contribution >= 4 is 18.2 Å². The van der Waals surface area contributed by atoms with Crippen LogP contribution in [0.1, 0.15) is 57.8 Å². The smallest absolute Gasteiger partial charge is 0.234 e. The predicted octanol–water partition coefficient (Wildman–Crippen LogP) is 2.30. The zero-order chi connectivity index (χ0) is 21.7. The topological polar surface area (TPSA) is 98.0 Å². The third-order valence-electron chi connectivity index (χ3n) is 5.13. The second-order valence-electron chi connectivity index (χ2n) is 7.71. The molecule has 0 bridgehead atoms. The Morgan fingerprint density at radius 3 is 1.03 bits per heavy atom. The summed E-state index contributed by atoms with van der Waals surface area (Å²) < 4.78 is 0. The molecule has 168 valence electrons. The average Bonchev–Trinajstić information content (AvgIpc) is 2.75. The van der Waals surface area contributed by atoms with E-state index in [2.05, 4.69) is 29.7 Å². The van der Waals surface area contributed by atoms with Crippen molar-refractivity contribution < 1.29 is 14.4 Å². The molecule has 1 saturated heterocycles. The van der Waals surface area contributed by atoms with Gasteiger partial charge < -0.3 is 0 Å². The van der Waals surface area contributed by atoms with Gasteiger partial charge in [-0.25, -0.2) is 29.4 Å². The Hall–Kier alpha value is -1.98. The average molecular weight is 421 g/mol. The normalized spacial score (nSPS) is 15.2. The Kier molecular flexibility index (Phi) is 16.5. The maximum Gasteiger partial charge on any atom is 0.234 e. The molecule has 0 N–H and O–H groups in total. The van der Waals surface area contributed by atoms with Crippen molar-refractivity contribution in [3.63, 3.8) is 0 Å². The fourth-order valence-corrected chi connectivity index (χ4v) is 3.65. The zero-order valence-corrected chi connectivity index (χ0v) is 18.1. The lowest BCUT2D eigenvalue weighted by Crippen LogP contribution is -2.55. The zero-order valence-electron chi connectivity index (χ0n) is 18.1. The molecule has 0 atom stereocenters. The highest BCUT2D eigenvalue weighted by Crippen LogP contribution is 2.12. The van der Waals surface area contributed by atoms with E-state index in [0.717, 1.165) is 97.4 Å². The van der Waals surface area contributed by atoms with Crippen molar-refractivity contribution in [2.24, 2.45) is 15.0 Å². The molecule has 0 aliphatic carbocycles. The first-order valence-corrected chi connectivity index (χ1v) is 11.1. The molecule has 0 aromatic rings. The van der Waals surface area contributed by atoms with E-state index in [4.69, 9.17) is 0 Å². The molecule has 1 rings (SSSR count). The Bertz CT molecular complexity index is 496. The van der Waals surface area contributed by atoms with Crippen LogP contribution >= 0.6 is 0 Å². The summed E-state index contributed by atoms with van der Waals surface area (Å²) >= 11 is 0. The summed E-state index contributed by atoms with van der Waals surface area (Å²) in [7, 11) is 0. The summed E-state index contributed by atoms with van der Waals surface area (Å²) in [6.07, 6.45) is 14.1. The summed E-state index contributed by atoms with van der Waals surface area (Å²) in [5, 5.41) is 0. The highest BCUT2D eigenvalue weighted by molar-refractivity contribution is 5.33. The minimum atomic E-state index is 0.573. The van der Waals surface area contributed by atoms with Crippen LogP contribution in [-0.4, -0.2) is 92.2 Å². The monoisotopic (exact) mass is 420 g/mol. The highest BCUT2D eigenvalue weighted by Gasteiger charge is 2.22. The van der Waals surface area contributed by atoms with Crippen LogP contribution in [0.2, 0.25) is 0 Å². The fourth-order valence-electron chi connectivity index (χ4n) is 3.65. The largest absolute Gasteiger partial charge is 0.277 e. The van der Waals surface area contributed by atoms with Crippen LogP contribution in [0.4, 0.5) is 0 Å². The Morgan fingerprint density at radius 1 is 0.467 bits per heavy atom. The van der Waals surface area contributed by atoms with E-state index in [0.29, 0.717) is 19.6 Å². The van der Waals surface area contributed by atoms with Crippen LogP contribution in [0.25, 0.3) is 0 Å². The molecule has 0 spiro atoms. The summed E-state index contributed by atoms with van der Waals surface area (Å²) in [6.45, 7) is 7.77. The lowest BCUT2D eigenvalue weighted by molar-refractivity contribution is -0.0311. The first kappa shape index (κ1) is 26.1. The minimum Gasteiger partial charge on any atom is -0.277 e.